The summed E-state index contributed by atoms with van der Waals surface area (Å²) >= 11 is 1.26. The summed E-state index contributed by atoms with van der Waals surface area (Å²) in [6, 6.07) is 0. The van der Waals surface area contributed by atoms with Gasteiger partial charge in [0.1, 0.15) is 0 Å². The number of ether oxygens (including phenoxy) is 2. The van der Waals surface area contributed by atoms with Gasteiger partial charge < -0.3 is 19.7 Å². The maximum Gasteiger partial charge on any atom is 0.207 e. The van der Waals surface area contributed by atoms with Gasteiger partial charge in [-0.2, -0.15) is 0 Å². The summed E-state index contributed by atoms with van der Waals surface area (Å²) in [6.07, 6.45) is -1.30. The zero-order valence-electron chi connectivity index (χ0n) is 7.14. The molecule has 0 aliphatic carbocycles. The van der Waals surface area contributed by atoms with Crippen LogP contribution < -0.4 is 0 Å². The lowest BCUT2D eigenvalue weighted by atomic mass is 10.2. The van der Waals surface area contributed by atoms with Crippen LogP contribution in [0.25, 0.3) is 0 Å². The van der Waals surface area contributed by atoms with Gasteiger partial charge >= 0.3 is 0 Å². The Balaban J connectivity index is 2.23. The molecule has 0 saturated carbocycles. The second kappa shape index (κ2) is 4.43. The Bertz CT molecular complexity index is 141. The highest BCUT2D eigenvalue weighted by molar-refractivity contribution is 7.99. The van der Waals surface area contributed by atoms with Crippen LogP contribution in [0.15, 0.2) is 0 Å². The fourth-order valence-corrected chi connectivity index (χ4v) is 1.43. The molecule has 0 aromatic heterocycles. The Morgan fingerprint density at radius 2 is 2.25 bits per heavy atom. The van der Waals surface area contributed by atoms with Crippen molar-refractivity contribution in [3.63, 3.8) is 0 Å². The molecular formula is C7H14O4S. The van der Waals surface area contributed by atoms with E-state index >= 15 is 0 Å². The third-order valence-corrected chi connectivity index (χ3v) is 2.37. The molecule has 5 heteroatoms. The van der Waals surface area contributed by atoms with Gasteiger partial charge in [0.05, 0.1) is 0 Å². The Morgan fingerprint density at radius 3 is 2.67 bits per heavy atom. The van der Waals surface area contributed by atoms with Gasteiger partial charge in [-0.25, -0.2) is 0 Å². The lowest BCUT2D eigenvalue weighted by Gasteiger charge is -2.19. The molecule has 4 nitrogen and oxygen atoms in total. The maximum absolute atomic E-state index is 9.28. The molecule has 0 bridgehead atoms. The van der Waals surface area contributed by atoms with E-state index in [1.807, 2.05) is 13.8 Å². The molecule has 0 amide bonds. The third kappa shape index (κ3) is 2.91. The second-order valence-corrected chi connectivity index (χ2v) is 4.05. The number of aliphatic hydroxyl groups excluding tert-OH is 2. The predicted octanol–water partition coefficient (Wildman–Crippen LogP) is 0.343. The molecule has 72 valence electrons. The van der Waals surface area contributed by atoms with E-state index in [1.54, 1.807) is 0 Å². The smallest absolute Gasteiger partial charge is 0.207 e. The number of hydrogen-bond donors (Lipinski definition) is 2. The molecule has 0 aromatic carbocycles. The number of thioether (sulfide) groups is 1. The van der Waals surface area contributed by atoms with Crippen molar-refractivity contribution in [2.75, 3.05) is 5.75 Å². The van der Waals surface area contributed by atoms with Crippen LogP contribution in [0.2, 0.25) is 0 Å². The van der Waals surface area contributed by atoms with Crippen molar-refractivity contribution in [1.82, 2.24) is 0 Å². The van der Waals surface area contributed by atoms with Gasteiger partial charge in [0.25, 0.3) is 0 Å². The van der Waals surface area contributed by atoms with Gasteiger partial charge in [0, 0.05) is 11.7 Å². The summed E-state index contributed by atoms with van der Waals surface area (Å²) in [5, 5.41) is 18.2. The number of hydrogen-bond acceptors (Lipinski definition) is 5. The molecular weight excluding hydrogens is 180 g/mol. The highest BCUT2D eigenvalue weighted by atomic mass is 32.2. The predicted molar refractivity (Wildman–Crippen MR) is 45.3 cm³/mol. The van der Waals surface area contributed by atoms with Crippen molar-refractivity contribution < 1.29 is 19.7 Å². The molecule has 0 aromatic rings. The Morgan fingerprint density at radius 1 is 1.58 bits per heavy atom. The van der Waals surface area contributed by atoms with E-state index in [1.165, 1.54) is 11.8 Å². The SMILES string of the molecule is CC(C)C(O)O[C@@H]1CSC(O)O1. The summed E-state index contributed by atoms with van der Waals surface area (Å²) in [6.45, 7) is 3.70. The van der Waals surface area contributed by atoms with Crippen molar-refractivity contribution in [2.24, 2.45) is 5.92 Å². The van der Waals surface area contributed by atoms with Crippen LogP contribution in [0.5, 0.6) is 0 Å². The zero-order chi connectivity index (χ0) is 9.14. The quantitative estimate of drug-likeness (QED) is 0.635. The van der Waals surface area contributed by atoms with Crippen LogP contribution in [-0.4, -0.2) is 34.2 Å². The van der Waals surface area contributed by atoms with E-state index in [-0.39, 0.29) is 5.92 Å². The van der Waals surface area contributed by atoms with Crippen LogP contribution in [-0.2, 0) is 9.47 Å². The van der Waals surface area contributed by atoms with E-state index in [0.717, 1.165) is 0 Å². The average molecular weight is 194 g/mol. The fourth-order valence-electron chi connectivity index (χ4n) is 0.753. The van der Waals surface area contributed by atoms with Gasteiger partial charge in [0.15, 0.2) is 12.6 Å². The summed E-state index contributed by atoms with van der Waals surface area (Å²) in [7, 11) is 0. The van der Waals surface area contributed by atoms with Crippen molar-refractivity contribution in [1.29, 1.82) is 0 Å². The van der Waals surface area contributed by atoms with Crippen molar-refractivity contribution in [2.45, 2.75) is 32.0 Å². The topological polar surface area (TPSA) is 58.9 Å². The highest BCUT2D eigenvalue weighted by Crippen LogP contribution is 2.24. The minimum Gasteiger partial charge on any atom is -0.368 e. The molecule has 0 spiro atoms. The lowest BCUT2D eigenvalue weighted by molar-refractivity contribution is -0.249. The molecule has 1 heterocycles. The first-order chi connectivity index (χ1) is 5.59. The summed E-state index contributed by atoms with van der Waals surface area (Å²) in [4.78, 5) is 0. The second-order valence-electron chi connectivity index (χ2n) is 2.98. The van der Waals surface area contributed by atoms with E-state index < -0.39 is 18.2 Å². The first kappa shape index (κ1) is 10.3. The van der Waals surface area contributed by atoms with Gasteiger partial charge in [-0.3, -0.25) is 0 Å². The number of rotatable bonds is 3. The van der Waals surface area contributed by atoms with Crippen molar-refractivity contribution in [3.8, 4) is 0 Å². The molecule has 1 aliphatic rings. The fraction of sp³-hybridized carbons (Fsp3) is 1.00. The van der Waals surface area contributed by atoms with Gasteiger partial charge in [-0.15, -0.1) is 0 Å². The van der Waals surface area contributed by atoms with E-state index in [0.29, 0.717) is 5.75 Å². The summed E-state index contributed by atoms with van der Waals surface area (Å²) in [5.74, 6) is 0.599. The molecule has 2 N–H and O–H groups in total. The van der Waals surface area contributed by atoms with Crippen LogP contribution in [0, 0.1) is 5.92 Å². The zero-order valence-corrected chi connectivity index (χ0v) is 7.95. The molecule has 2 unspecified atom stereocenters. The minimum absolute atomic E-state index is 0.0383. The molecule has 1 fully saturated rings. The Kier molecular flexibility index (Phi) is 3.79. The minimum atomic E-state index is -0.819. The molecule has 12 heavy (non-hydrogen) atoms. The average Bonchev–Trinajstić information content (AvgIpc) is 2.35. The van der Waals surface area contributed by atoms with Crippen molar-refractivity contribution >= 4 is 11.8 Å². The lowest BCUT2D eigenvalue weighted by Crippen LogP contribution is -2.27. The first-order valence-electron chi connectivity index (χ1n) is 3.88. The Labute approximate surface area is 75.9 Å². The molecule has 0 radical (unpaired) electrons. The van der Waals surface area contributed by atoms with E-state index in [2.05, 4.69) is 0 Å². The van der Waals surface area contributed by atoms with Crippen molar-refractivity contribution in [3.05, 3.63) is 0 Å². The normalized spacial score (nSPS) is 32.8. The molecule has 1 rings (SSSR count). The standard InChI is InChI=1S/C7H14O4S/c1-4(2)6(8)10-5-3-12-7(9)11-5/h4-9H,3H2,1-2H3/t5-,6?,7?/m0/s1. The highest BCUT2D eigenvalue weighted by Gasteiger charge is 2.27. The van der Waals surface area contributed by atoms with Crippen LogP contribution in [0.4, 0.5) is 0 Å². The third-order valence-electron chi connectivity index (χ3n) is 1.50. The van der Waals surface area contributed by atoms with Crippen LogP contribution in [0.3, 0.4) is 0 Å². The summed E-state index contributed by atoms with van der Waals surface area (Å²) in [5.41, 5.74) is -0.811. The maximum atomic E-state index is 9.28. The van der Waals surface area contributed by atoms with Gasteiger partial charge in [-0.05, 0) is 0 Å². The monoisotopic (exact) mass is 194 g/mol. The molecule has 3 atom stereocenters. The molecule has 1 saturated heterocycles. The van der Waals surface area contributed by atoms with Gasteiger partial charge in [-0.1, -0.05) is 25.6 Å². The Hall–Kier alpha value is 0.190. The summed E-state index contributed by atoms with van der Waals surface area (Å²) < 4.78 is 10.0. The first-order valence-corrected chi connectivity index (χ1v) is 4.93. The van der Waals surface area contributed by atoms with E-state index in [9.17, 15) is 5.11 Å². The molecule has 1 aliphatic heterocycles. The van der Waals surface area contributed by atoms with E-state index in [4.69, 9.17) is 14.6 Å². The number of aliphatic hydroxyl groups is 2. The van der Waals surface area contributed by atoms with Crippen LogP contribution >= 0.6 is 11.8 Å². The van der Waals surface area contributed by atoms with Gasteiger partial charge in [0.2, 0.25) is 5.62 Å². The largest absolute Gasteiger partial charge is 0.368 e. The van der Waals surface area contributed by atoms with Crippen LogP contribution in [0.1, 0.15) is 13.8 Å².